The molecule has 1 fully saturated rings. The molecule has 0 spiro atoms. The van der Waals surface area contributed by atoms with E-state index in [9.17, 15) is 0 Å². The molecule has 0 unspecified atom stereocenters. The first kappa shape index (κ1) is 17.4. The van der Waals surface area contributed by atoms with Gasteiger partial charge >= 0.3 is 0 Å². The van der Waals surface area contributed by atoms with Crippen LogP contribution in [0.15, 0.2) is 53.5 Å². The number of aliphatic imine (C=N–C) groups is 1. The third kappa shape index (κ3) is 3.10. The number of amidine groups is 1. The zero-order valence-electron chi connectivity index (χ0n) is 16.7. The van der Waals surface area contributed by atoms with E-state index in [2.05, 4.69) is 69.4 Å². The van der Waals surface area contributed by atoms with Gasteiger partial charge in [0.05, 0.1) is 11.4 Å². The number of nitrogens with zero attached hydrogens (tertiary/aromatic N) is 4. The van der Waals surface area contributed by atoms with Crippen LogP contribution < -0.4 is 5.32 Å². The minimum atomic E-state index is 0.670. The van der Waals surface area contributed by atoms with Crippen molar-refractivity contribution in [2.75, 3.05) is 19.6 Å². The van der Waals surface area contributed by atoms with Gasteiger partial charge in [0, 0.05) is 30.7 Å². The number of fused-ring (bicyclic) bond motifs is 2. The Labute approximate surface area is 166 Å². The van der Waals surface area contributed by atoms with Crippen molar-refractivity contribution >= 4 is 17.2 Å². The molecule has 0 bridgehead atoms. The number of pyridine rings is 1. The summed E-state index contributed by atoms with van der Waals surface area (Å²) in [6.07, 6.45) is 16.7. The van der Waals surface area contributed by atoms with Crippen molar-refractivity contribution in [1.29, 1.82) is 0 Å². The van der Waals surface area contributed by atoms with Gasteiger partial charge in [0.1, 0.15) is 11.5 Å². The molecule has 5 nitrogen and oxygen atoms in total. The van der Waals surface area contributed by atoms with Crippen LogP contribution in [-0.2, 0) is 6.42 Å². The number of aromatic nitrogens is 2. The SMILES string of the molecule is CCc1cc(C2=CCN3C=C(C4CCNCC4)C=CC3=N2)cn2cc(C)nc12. The van der Waals surface area contributed by atoms with Crippen LogP contribution in [0.2, 0.25) is 0 Å². The quantitative estimate of drug-likeness (QED) is 0.892. The highest BCUT2D eigenvalue weighted by Gasteiger charge is 2.22. The second-order valence-electron chi connectivity index (χ2n) is 7.92. The van der Waals surface area contributed by atoms with Gasteiger partial charge in [-0.1, -0.05) is 13.0 Å². The Morgan fingerprint density at radius 2 is 2.04 bits per heavy atom. The predicted molar refractivity (Wildman–Crippen MR) is 114 cm³/mol. The first-order valence-corrected chi connectivity index (χ1v) is 10.4. The van der Waals surface area contributed by atoms with Crippen molar-refractivity contribution in [3.63, 3.8) is 0 Å². The zero-order chi connectivity index (χ0) is 19.1. The Kier molecular flexibility index (Phi) is 4.40. The molecule has 5 heteroatoms. The number of nitrogens with one attached hydrogen (secondary N) is 1. The van der Waals surface area contributed by atoms with Gasteiger partial charge in [-0.2, -0.15) is 0 Å². The summed E-state index contributed by atoms with van der Waals surface area (Å²) < 4.78 is 2.14. The lowest BCUT2D eigenvalue weighted by Crippen LogP contribution is -2.33. The lowest BCUT2D eigenvalue weighted by Gasteiger charge is -2.31. The lowest BCUT2D eigenvalue weighted by molar-refractivity contribution is 0.419. The molecule has 5 rings (SSSR count). The number of hydrogen-bond donors (Lipinski definition) is 1. The molecule has 1 saturated heterocycles. The summed E-state index contributed by atoms with van der Waals surface area (Å²) >= 11 is 0. The number of aryl methyl sites for hydroxylation is 2. The van der Waals surface area contributed by atoms with Gasteiger partial charge in [-0.3, -0.25) is 0 Å². The van der Waals surface area contributed by atoms with E-state index in [1.165, 1.54) is 24.0 Å². The number of rotatable bonds is 3. The van der Waals surface area contributed by atoms with Crippen LogP contribution in [0, 0.1) is 12.8 Å². The maximum atomic E-state index is 4.97. The van der Waals surface area contributed by atoms with E-state index >= 15 is 0 Å². The monoisotopic (exact) mass is 373 g/mol. The molecule has 0 aromatic carbocycles. The lowest BCUT2D eigenvalue weighted by atomic mass is 9.89. The van der Waals surface area contributed by atoms with E-state index in [1.807, 2.05) is 6.92 Å². The standard InChI is InChI=1S/C23H27N5/c1-3-17-12-20(15-28-13-16(2)25-23(17)28)21-8-11-27-14-19(4-5-22(27)26-21)18-6-9-24-10-7-18/h4-5,8,12-15,18,24H,3,6-7,9-11H2,1-2H3. The molecular formula is C23H27N5. The molecule has 144 valence electrons. The highest BCUT2D eigenvalue weighted by atomic mass is 15.2. The van der Waals surface area contributed by atoms with E-state index in [1.54, 1.807) is 0 Å². The molecule has 5 heterocycles. The minimum absolute atomic E-state index is 0.670. The van der Waals surface area contributed by atoms with Crippen LogP contribution in [0.1, 0.15) is 36.6 Å². The highest BCUT2D eigenvalue weighted by Crippen LogP contribution is 2.29. The number of allylic oxidation sites excluding steroid dienone is 2. The Balaban J connectivity index is 1.43. The van der Waals surface area contributed by atoms with Crippen LogP contribution in [-0.4, -0.2) is 39.8 Å². The van der Waals surface area contributed by atoms with Crippen LogP contribution in [0.4, 0.5) is 0 Å². The van der Waals surface area contributed by atoms with Crippen molar-refractivity contribution in [2.45, 2.75) is 33.1 Å². The summed E-state index contributed by atoms with van der Waals surface area (Å²) in [5.74, 6) is 1.71. The Morgan fingerprint density at radius 1 is 1.18 bits per heavy atom. The Bertz CT molecular complexity index is 1030. The molecule has 2 aromatic heterocycles. The van der Waals surface area contributed by atoms with E-state index in [-0.39, 0.29) is 0 Å². The summed E-state index contributed by atoms with van der Waals surface area (Å²) in [6, 6.07) is 2.25. The number of imidazole rings is 1. The third-order valence-electron chi connectivity index (χ3n) is 5.98. The van der Waals surface area contributed by atoms with Crippen LogP contribution in [0.3, 0.4) is 0 Å². The fraction of sp³-hybridized carbons (Fsp3) is 0.391. The van der Waals surface area contributed by atoms with E-state index < -0.39 is 0 Å². The first-order chi connectivity index (χ1) is 13.7. The van der Waals surface area contributed by atoms with E-state index in [4.69, 9.17) is 4.99 Å². The molecule has 0 radical (unpaired) electrons. The Hall–Kier alpha value is -2.66. The summed E-state index contributed by atoms with van der Waals surface area (Å²) in [4.78, 5) is 11.9. The smallest absolute Gasteiger partial charge is 0.140 e. The zero-order valence-corrected chi connectivity index (χ0v) is 16.7. The number of hydrogen-bond acceptors (Lipinski definition) is 4. The molecule has 28 heavy (non-hydrogen) atoms. The third-order valence-corrected chi connectivity index (χ3v) is 5.98. The minimum Gasteiger partial charge on any atom is -0.329 e. The Morgan fingerprint density at radius 3 is 2.86 bits per heavy atom. The van der Waals surface area contributed by atoms with Crippen molar-refractivity contribution in [3.8, 4) is 0 Å². The van der Waals surface area contributed by atoms with Gasteiger partial charge in [-0.15, -0.1) is 0 Å². The topological polar surface area (TPSA) is 44.9 Å². The van der Waals surface area contributed by atoms with Crippen LogP contribution >= 0.6 is 0 Å². The first-order valence-electron chi connectivity index (χ1n) is 10.4. The largest absolute Gasteiger partial charge is 0.329 e. The fourth-order valence-corrected chi connectivity index (χ4v) is 4.43. The maximum absolute atomic E-state index is 4.97. The van der Waals surface area contributed by atoms with Crippen molar-refractivity contribution < 1.29 is 0 Å². The summed E-state index contributed by atoms with van der Waals surface area (Å²) in [5, 5.41) is 3.45. The normalized spacial score (nSPS) is 20.1. The van der Waals surface area contributed by atoms with Gasteiger partial charge in [0.2, 0.25) is 0 Å². The van der Waals surface area contributed by atoms with Crippen molar-refractivity contribution in [2.24, 2.45) is 10.9 Å². The van der Waals surface area contributed by atoms with Crippen molar-refractivity contribution in [1.82, 2.24) is 19.6 Å². The second kappa shape index (κ2) is 7.06. The van der Waals surface area contributed by atoms with E-state index in [0.717, 1.165) is 54.5 Å². The summed E-state index contributed by atoms with van der Waals surface area (Å²) in [7, 11) is 0. The fourth-order valence-electron chi connectivity index (χ4n) is 4.43. The molecule has 0 saturated carbocycles. The average molecular weight is 374 g/mol. The molecular weight excluding hydrogens is 346 g/mol. The van der Waals surface area contributed by atoms with Gasteiger partial charge < -0.3 is 14.6 Å². The van der Waals surface area contributed by atoms with Gasteiger partial charge in [0.25, 0.3) is 0 Å². The van der Waals surface area contributed by atoms with Gasteiger partial charge in [-0.25, -0.2) is 9.98 Å². The van der Waals surface area contributed by atoms with Crippen LogP contribution in [0.25, 0.3) is 11.3 Å². The molecule has 3 aliphatic heterocycles. The summed E-state index contributed by atoms with van der Waals surface area (Å²) in [6.45, 7) is 7.34. The molecule has 0 amide bonds. The second-order valence-corrected chi connectivity index (χ2v) is 7.92. The molecule has 0 atom stereocenters. The average Bonchev–Trinajstić information content (AvgIpc) is 3.13. The number of piperidine rings is 1. The molecule has 3 aliphatic rings. The molecule has 1 N–H and O–H groups in total. The van der Waals surface area contributed by atoms with Gasteiger partial charge in [-0.05, 0) is 74.5 Å². The highest BCUT2D eigenvalue weighted by molar-refractivity contribution is 6.00. The molecule has 0 aliphatic carbocycles. The predicted octanol–water partition coefficient (Wildman–Crippen LogP) is 3.71. The van der Waals surface area contributed by atoms with E-state index in [0.29, 0.717) is 5.92 Å². The summed E-state index contributed by atoms with van der Waals surface area (Å²) in [5.41, 5.74) is 7.03. The van der Waals surface area contributed by atoms with Crippen molar-refractivity contribution in [3.05, 3.63) is 65.3 Å². The molecule has 2 aromatic rings. The van der Waals surface area contributed by atoms with Gasteiger partial charge in [0.15, 0.2) is 0 Å². The van der Waals surface area contributed by atoms with Crippen LogP contribution in [0.5, 0.6) is 0 Å². The maximum Gasteiger partial charge on any atom is 0.140 e.